The fraction of sp³-hybridized carbons (Fsp3) is 0.150. The van der Waals surface area contributed by atoms with Crippen LogP contribution in [-0.2, 0) is 5.41 Å². The Hall–Kier alpha value is -3.26. The van der Waals surface area contributed by atoms with Gasteiger partial charge < -0.3 is 5.11 Å². The topological polar surface area (TPSA) is 74.0 Å². The van der Waals surface area contributed by atoms with Crippen LogP contribution in [0.15, 0.2) is 48.5 Å². The molecule has 0 bridgehead atoms. The van der Waals surface area contributed by atoms with Gasteiger partial charge in [0.25, 0.3) is 0 Å². The lowest BCUT2D eigenvalue weighted by molar-refractivity contribution is 0.0697. The van der Waals surface area contributed by atoms with Gasteiger partial charge in [-0.15, -0.1) is 0 Å². The average molecular weight is 332 g/mol. The van der Waals surface area contributed by atoms with Gasteiger partial charge in [0.1, 0.15) is 5.82 Å². The fourth-order valence-electron chi connectivity index (χ4n) is 3.07. The lowest BCUT2D eigenvalue weighted by Crippen LogP contribution is -2.04. The number of hydrogen-bond donors (Lipinski definition) is 1. The molecule has 0 spiro atoms. The van der Waals surface area contributed by atoms with E-state index in [9.17, 15) is 19.6 Å². The van der Waals surface area contributed by atoms with Crippen LogP contribution in [0.5, 0.6) is 0 Å². The molecule has 3 aromatic rings. The molecule has 0 radical (unpaired) electrons. The SMILES string of the molecule is N#CC1(c2ccc(-c3nc4ccc(F)cc4cc3C(=O)O)cc2)CC1. The van der Waals surface area contributed by atoms with Crippen LogP contribution >= 0.6 is 0 Å². The molecule has 4 rings (SSSR count). The first-order chi connectivity index (χ1) is 12.0. The second kappa shape index (κ2) is 5.38. The first-order valence-corrected chi connectivity index (χ1v) is 7.88. The first kappa shape index (κ1) is 15.3. The van der Waals surface area contributed by atoms with Gasteiger partial charge in [0.05, 0.1) is 28.3 Å². The van der Waals surface area contributed by atoms with Gasteiger partial charge in [-0.1, -0.05) is 24.3 Å². The summed E-state index contributed by atoms with van der Waals surface area (Å²) in [7, 11) is 0. The minimum absolute atomic E-state index is 0.0206. The Kier molecular flexibility index (Phi) is 3.29. The molecule has 122 valence electrons. The van der Waals surface area contributed by atoms with Crippen molar-refractivity contribution in [2.75, 3.05) is 0 Å². The Labute approximate surface area is 143 Å². The molecule has 25 heavy (non-hydrogen) atoms. The van der Waals surface area contributed by atoms with Crippen molar-refractivity contribution in [1.82, 2.24) is 4.98 Å². The second-order valence-corrected chi connectivity index (χ2v) is 6.30. The van der Waals surface area contributed by atoms with Crippen molar-refractivity contribution in [3.63, 3.8) is 0 Å². The molecule has 2 aromatic carbocycles. The fourth-order valence-corrected chi connectivity index (χ4v) is 3.07. The molecule has 1 N–H and O–H groups in total. The van der Waals surface area contributed by atoms with Crippen LogP contribution in [-0.4, -0.2) is 16.1 Å². The van der Waals surface area contributed by atoms with Crippen LogP contribution < -0.4 is 0 Å². The van der Waals surface area contributed by atoms with Gasteiger partial charge in [0, 0.05) is 10.9 Å². The number of benzene rings is 2. The van der Waals surface area contributed by atoms with E-state index in [4.69, 9.17) is 0 Å². The maximum atomic E-state index is 13.4. The molecule has 1 saturated carbocycles. The Bertz CT molecular complexity index is 1050. The predicted octanol–water partition coefficient (Wildman–Crippen LogP) is 4.29. The first-order valence-electron chi connectivity index (χ1n) is 7.88. The van der Waals surface area contributed by atoms with Crippen molar-refractivity contribution >= 4 is 16.9 Å². The van der Waals surface area contributed by atoms with Crippen molar-refractivity contribution < 1.29 is 14.3 Å². The summed E-state index contributed by atoms with van der Waals surface area (Å²) in [5.41, 5.74) is 2.09. The van der Waals surface area contributed by atoms with E-state index >= 15 is 0 Å². The summed E-state index contributed by atoms with van der Waals surface area (Å²) in [5, 5.41) is 19.2. The quantitative estimate of drug-likeness (QED) is 0.776. The number of nitriles is 1. The van der Waals surface area contributed by atoms with Crippen molar-refractivity contribution in [3.8, 4) is 17.3 Å². The van der Waals surface area contributed by atoms with Crippen molar-refractivity contribution in [2.24, 2.45) is 0 Å². The molecule has 0 amide bonds. The number of rotatable bonds is 3. The Morgan fingerprint density at radius 1 is 1.16 bits per heavy atom. The number of carbonyl (C=O) groups is 1. The molecule has 1 aliphatic carbocycles. The third-order valence-corrected chi connectivity index (χ3v) is 4.68. The highest BCUT2D eigenvalue weighted by Gasteiger charge is 2.44. The van der Waals surface area contributed by atoms with E-state index in [0.29, 0.717) is 22.2 Å². The number of hydrogen-bond acceptors (Lipinski definition) is 3. The van der Waals surface area contributed by atoms with Gasteiger partial charge in [-0.05, 0) is 42.7 Å². The van der Waals surface area contributed by atoms with Gasteiger partial charge >= 0.3 is 5.97 Å². The monoisotopic (exact) mass is 332 g/mol. The molecule has 1 aromatic heterocycles. The van der Waals surface area contributed by atoms with E-state index in [1.165, 1.54) is 24.3 Å². The zero-order chi connectivity index (χ0) is 17.6. The number of carboxylic acid groups (broad SMARTS) is 1. The third kappa shape index (κ3) is 2.52. The van der Waals surface area contributed by atoms with E-state index in [1.807, 2.05) is 12.1 Å². The summed E-state index contributed by atoms with van der Waals surface area (Å²) in [6.07, 6.45) is 1.70. The molecule has 0 saturated heterocycles. The van der Waals surface area contributed by atoms with Gasteiger partial charge in [0.15, 0.2) is 0 Å². The lowest BCUT2D eigenvalue weighted by Gasteiger charge is -2.10. The summed E-state index contributed by atoms with van der Waals surface area (Å²) < 4.78 is 13.4. The van der Waals surface area contributed by atoms with Crippen LogP contribution in [0.4, 0.5) is 4.39 Å². The number of aromatic nitrogens is 1. The van der Waals surface area contributed by atoms with E-state index in [0.717, 1.165) is 18.4 Å². The minimum atomic E-state index is -1.12. The summed E-state index contributed by atoms with van der Waals surface area (Å²) >= 11 is 0. The van der Waals surface area contributed by atoms with Crippen molar-refractivity contribution in [2.45, 2.75) is 18.3 Å². The average Bonchev–Trinajstić information content (AvgIpc) is 3.42. The minimum Gasteiger partial charge on any atom is -0.478 e. The van der Waals surface area contributed by atoms with Crippen molar-refractivity contribution in [1.29, 1.82) is 5.26 Å². The Morgan fingerprint density at radius 2 is 1.88 bits per heavy atom. The van der Waals surface area contributed by atoms with E-state index in [2.05, 4.69) is 11.1 Å². The lowest BCUT2D eigenvalue weighted by atomic mass is 9.95. The molecule has 0 atom stereocenters. The van der Waals surface area contributed by atoms with Crippen molar-refractivity contribution in [3.05, 3.63) is 65.5 Å². The van der Waals surface area contributed by atoms with E-state index < -0.39 is 11.8 Å². The molecule has 0 aliphatic heterocycles. The molecule has 5 heteroatoms. The number of halogens is 1. The molecule has 1 heterocycles. The van der Waals surface area contributed by atoms with Gasteiger partial charge in [-0.25, -0.2) is 14.2 Å². The maximum Gasteiger partial charge on any atom is 0.337 e. The third-order valence-electron chi connectivity index (χ3n) is 4.68. The normalized spacial score (nSPS) is 14.9. The molecule has 4 nitrogen and oxygen atoms in total. The Balaban J connectivity index is 1.85. The summed E-state index contributed by atoms with van der Waals surface area (Å²) in [5.74, 6) is -1.55. The predicted molar refractivity (Wildman–Crippen MR) is 90.6 cm³/mol. The molecular formula is C20H13FN2O2. The maximum absolute atomic E-state index is 13.4. The molecule has 1 aliphatic rings. The largest absolute Gasteiger partial charge is 0.478 e. The number of aromatic carboxylic acids is 1. The summed E-state index contributed by atoms with van der Waals surface area (Å²) in [6, 6.07) is 15.2. The number of carboxylic acids is 1. The van der Waals surface area contributed by atoms with Gasteiger partial charge in [0.2, 0.25) is 0 Å². The highest BCUT2D eigenvalue weighted by molar-refractivity contribution is 5.99. The zero-order valence-corrected chi connectivity index (χ0v) is 13.2. The summed E-state index contributed by atoms with van der Waals surface area (Å²) in [6.45, 7) is 0. The second-order valence-electron chi connectivity index (χ2n) is 6.30. The number of pyridine rings is 1. The summed E-state index contributed by atoms with van der Waals surface area (Å²) in [4.78, 5) is 16.1. The highest BCUT2D eigenvalue weighted by atomic mass is 19.1. The smallest absolute Gasteiger partial charge is 0.337 e. The van der Waals surface area contributed by atoms with E-state index in [1.54, 1.807) is 12.1 Å². The van der Waals surface area contributed by atoms with Gasteiger partial charge in [-0.3, -0.25) is 0 Å². The molecule has 1 fully saturated rings. The van der Waals surface area contributed by atoms with Crippen LogP contribution in [0, 0.1) is 17.1 Å². The molecule has 0 unspecified atom stereocenters. The number of fused-ring (bicyclic) bond motifs is 1. The van der Waals surface area contributed by atoms with Crippen LogP contribution in [0.1, 0.15) is 28.8 Å². The van der Waals surface area contributed by atoms with Crippen LogP contribution in [0.3, 0.4) is 0 Å². The zero-order valence-electron chi connectivity index (χ0n) is 13.2. The van der Waals surface area contributed by atoms with Gasteiger partial charge in [-0.2, -0.15) is 5.26 Å². The van der Waals surface area contributed by atoms with Crippen LogP contribution in [0.25, 0.3) is 22.2 Å². The Morgan fingerprint density at radius 3 is 2.48 bits per heavy atom. The standard InChI is InChI=1S/C20H13FN2O2/c21-15-5-6-17-13(9-15)10-16(19(24)25)18(23-17)12-1-3-14(4-2-12)20(11-22)7-8-20/h1-6,9-10H,7-8H2,(H,24,25). The van der Waals surface area contributed by atoms with E-state index in [-0.39, 0.29) is 11.0 Å². The number of nitrogens with zero attached hydrogens (tertiary/aromatic N) is 2. The highest BCUT2D eigenvalue weighted by Crippen LogP contribution is 2.47. The van der Waals surface area contributed by atoms with Crippen LogP contribution in [0.2, 0.25) is 0 Å². The molecular weight excluding hydrogens is 319 g/mol.